The van der Waals surface area contributed by atoms with Crippen molar-refractivity contribution in [2.45, 2.75) is 38.8 Å². The highest BCUT2D eigenvalue weighted by Crippen LogP contribution is 2.26. The molecule has 0 saturated heterocycles. The fourth-order valence-electron chi connectivity index (χ4n) is 2.30. The zero-order valence-electron chi connectivity index (χ0n) is 12.3. The van der Waals surface area contributed by atoms with Gasteiger partial charge in [-0.1, -0.05) is 24.3 Å². The Balaban J connectivity index is 2.30. The van der Waals surface area contributed by atoms with Gasteiger partial charge in [-0.2, -0.15) is 0 Å². The molecule has 2 aromatic rings. The van der Waals surface area contributed by atoms with E-state index in [0.717, 1.165) is 11.1 Å². The summed E-state index contributed by atoms with van der Waals surface area (Å²) in [5.41, 5.74) is 2.23. The van der Waals surface area contributed by atoms with Crippen molar-refractivity contribution >= 4 is 10.0 Å². The first-order valence-electron chi connectivity index (χ1n) is 6.60. The Hall–Kier alpha value is -1.63. The standard InChI is InChI=1S/C15H19NO4S/c1-10-6-4-5-7-13(10)8-16-21(18,19)15-12(3)20-11(2)14(15)9-17/h4-7,16-17H,8-9H2,1-3H3. The van der Waals surface area contributed by atoms with E-state index in [1.54, 1.807) is 13.8 Å². The number of nitrogens with one attached hydrogen (secondary N) is 1. The molecule has 0 amide bonds. The molecule has 6 heteroatoms. The van der Waals surface area contributed by atoms with Crippen molar-refractivity contribution in [1.29, 1.82) is 0 Å². The van der Waals surface area contributed by atoms with Crippen LogP contribution in [-0.2, 0) is 23.2 Å². The van der Waals surface area contributed by atoms with Crippen molar-refractivity contribution < 1.29 is 17.9 Å². The minimum atomic E-state index is -3.73. The molecule has 2 N–H and O–H groups in total. The minimum Gasteiger partial charge on any atom is -0.465 e. The monoisotopic (exact) mass is 309 g/mol. The number of benzene rings is 1. The molecule has 1 aromatic carbocycles. The molecule has 0 spiro atoms. The van der Waals surface area contributed by atoms with Gasteiger partial charge in [-0.15, -0.1) is 0 Å². The van der Waals surface area contributed by atoms with Gasteiger partial charge in [0.05, 0.1) is 6.61 Å². The lowest BCUT2D eigenvalue weighted by atomic mass is 10.1. The Kier molecular flexibility index (Phi) is 4.51. The maximum Gasteiger partial charge on any atom is 0.244 e. The van der Waals surface area contributed by atoms with E-state index in [1.807, 2.05) is 31.2 Å². The number of furan rings is 1. The summed E-state index contributed by atoms with van der Waals surface area (Å²) in [4.78, 5) is 0.0380. The largest absolute Gasteiger partial charge is 0.465 e. The second-order valence-corrected chi connectivity index (χ2v) is 6.64. The van der Waals surface area contributed by atoms with Gasteiger partial charge in [0.2, 0.25) is 10.0 Å². The summed E-state index contributed by atoms with van der Waals surface area (Å²) in [7, 11) is -3.73. The highest BCUT2D eigenvalue weighted by Gasteiger charge is 2.26. The highest BCUT2D eigenvalue weighted by atomic mass is 32.2. The number of aliphatic hydroxyl groups is 1. The second kappa shape index (κ2) is 6.01. The molecular formula is C15H19NO4S. The van der Waals surface area contributed by atoms with E-state index in [9.17, 15) is 13.5 Å². The summed E-state index contributed by atoms with van der Waals surface area (Å²) in [6.07, 6.45) is 0. The molecule has 1 heterocycles. The highest BCUT2D eigenvalue weighted by molar-refractivity contribution is 7.89. The summed E-state index contributed by atoms with van der Waals surface area (Å²) < 4.78 is 32.8. The first-order chi connectivity index (χ1) is 9.86. The molecule has 2 rings (SSSR count). The molecule has 114 valence electrons. The van der Waals surface area contributed by atoms with E-state index in [2.05, 4.69) is 4.72 Å². The minimum absolute atomic E-state index is 0.0380. The molecular weight excluding hydrogens is 290 g/mol. The maximum absolute atomic E-state index is 12.4. The van der Waals surface area contributed by atoms with Crippen LogP contribution in [0.2, 0.25) is 0 Å². The van der Waals surface area contributed by atoms with Crippen LogP contribution in [-0.4, -0.2) is 13.5 Å². The fourth-order valence-corrected chi connectivity index (χ4v) is 3.74. The maximum atomic E-state index is 12.4. The SMILES string of the molecule is Cc1ccccc1CNS(=O)(=O)c1c(C)oc(C)c1CO. The van der Waals surface area contributed by atoms with E-state index in [0.29, 0.717) is 11.3 Å². The lowest BCUT2D eigenvalue weighted by Crippen LogP contribution is -2.25. The average Bonchev–Trinajstić information content (AvgIpc) is 2.72. The van der Waals surface area contributed by atoms with Crippen molar-refractivity contribution in [3.05, 3.63) is 52.5 Å². The van der Waals surface area contributed by atoms with Gasteiger partial charge >= 0.3 is 0 Å². The van der Waals surface area contributed by atoms with Crippen molar-refractivity contribution in [2.75, 3.05) is 0 Å². The Morgan fingerprint density at radius 2 is 1.81 bits per heavy atom. The quantitative estimate of drug-likeness (QED) is 0.887. The molecule has 0 unspecified atom stereocenters. The number of sulfonamides is 1. The van der Waals surface area contributed by atoms with E-state index in [-0.39, 0.29) is 23.8 Å². The van der Waals surface area contributed by atoms with E-state index in [1.165, 1.54) is 0 Å². The summed E-state index contributed by atoms with van der Waals surface area (Å²) in [5, 5.41) is 9.35. The molecule has 21 heavy (non-hydrogen) atoms. The van der Waals surface area contributed by atoms with Crippen LogP contribution >= 0.6 is 0 Å². The summed E-state index contributed by atoms with van der Waals surface area (Å²) in [6, 6.07) is 7.57. The molecule has 0 fully saturated rings. The van der Waals surface area contributed by atoms with Gasteiger partial charge in [0.15, 0.2) is 0 Å². The topological polar surface area (TPSA) is 79.5 Å². The lowest BCUT2D eigenvalue weighted by molar-refractivity contribution is 0.276. The van der Waals surface area contributed by atoms with Crippen LogP contribution in [0.4, 0.5) is 0 Å². The Bertz CT molecular complexity index is 747. The van der Waals surface area contributed by atoms with Gasteiger partial charge in [-0.3, -0.25) is 0 Å². The van der Waals surface area contributed by atoms with Gasteiger partial charge in [0, 0.05) is 12.1 Å². The van der Waals surface area contributed by atoms with Crippen molar-refractivity contribution in [1.82, 2.24) is 4.72 Å². The van der Waals surface area contributed by atoms with Gasteiger partial charge in [-0.05, 0) is 31.9 Å². The van der Waals surface area contributed by atoms with Crippen molar-refractivity contribution in [2.24, 2.45) is 0 Å². The Morgan fingerprint density at radius 1 is 1.14 bits per heavy atom. The van der Waals surface area contributed by atoms with Crippen LogP contribution < -0.4 is 4.72 Å². The fraction of sp³-hybridized carbons (Fsp3) is 0.333. The molecule has 0 aliphatic rings. The number of aryl methyl sites for hydroxylation is 3. The first-order valence-corrected chi connectivity index (χ1v) is 8.09. The molecule has 0 atom stereocenters. The lowest BCUT2D eigenvalue weighted by Gasteiger charge is -2.09. The second-order valence-electron chi connectivity index (χ2n) is 4.93. The van der Waals surface area contributed by atoms with Crippen LogP contribution in [0.15, 0.2) is 33.6 Å². The van der Waals surface area contributed by atoms with Gasteiger partial charge < -0.3 is 9.52 Å². The van der Waals surface area contributed by atoms with Crippen LogP contribution in [0.3, 0.4) is 0 Å². The van der Waals surface area contributed by atoms with Crippen LogP contribution in [0.25, 0.3) is 0 Å². The number of aliphatic hydroxyl groups excluding tert-OH is 1. The summed E-state index contributed by atoms with van der Waals surface area (Å²) in [5.74, 6) is 0.708. The molecule has 0 aliphatic heterocycles. The first kappa shape index (κ1) is 15.8. The van der Waals surface area contributed by atoms with Gasteiger partial charge in [0.1, 0.15) is 16.4 Å². The molecule has 5 nitrogen and oxygen atoms in total. The number of rotatable bonds is 5. The van der Waals surface area contributed by atoms with Gasteiger partial charge in [-0.25, -0.2) is 13.1 Å². The third-order valence-corrected chi connectivity index (χ3v) is 5.06. The predicted octanol–water partition coefficient (Wildman–Crippen LogP) is 2.18. The third-order valence-electron chi connectivity index (χ3n) is 3.47. The number of hydrogen-bond acceptors (Lipinski definition) is 4. The summed E-state index contributed by atoms with van der Waals surface area (Å²) in [6.45, 7) is 4.97. The van der Waals surface area contributed by atoms with E-state index in [4.69, 9.17) is 4.42 Å². The Morgan fingerprint density at radius 3 is 2.43 bits per heavy atom. The summed E-state index contributed by atoms with van der Waals surface area (Å²) >= 11 is 0. The third kappa shape index (κ3) is 3.18. The van der Waals surface area contributed by atoms with Crippen LogP contribution in [0.1, 0.15) is 28.2 Å². The van der Waals surface area contributed by atoms with Crippen molar-refractivity contribution in [3.63, 3.8) is 0 Å². The molecule has 0 radical (unpaired) electrons. The molecule has 0 bridgehead atoms. The predicted molar refractivity (Wildman–Crippen MR) is 79.3 cm³/mol. The average molecular weight is 309 g/mol. The molecule has 0 saturated carbocycles. The zero-order valence-corrected chi connectivity index (χ0v) is 13.1. The van der Waals surface area contributed by atoms with E-state index >= 15 is 0 Å². The Labute approximate surface area is 124 Å². The van der Waals surface area contributed by atoms with Gasteiger partial charge in [0.25, 0.3) is 0 Å². The smallest absolute Gasteiger partial charge is 0.244 e. The normalized spacial score (nSPS) is 11.8. The van der Waals surface area contributed by atoms with Crippen LogP contribution in [0.5, 0.6) is 0 Å². The molecule has 0 aliphatic carbocycles. The van der Waals surface area contributed by atoms with Crippen molar-refractivity contribution in [3.8, 4) is 0 Å². The number of hydrogen-bond donors (Lipinski definition) is 2. The molecule has 1 aromatic heterocycles. The zero-order chi connectivity index (χ0) is 15.6. The van der Waals surface area contributed by atoms with Crippen LogP contribution in [0, 0.1) is 20.8 Å². The van der Waals surface area contributed by atoms with E-state index < -0.39 is 10.0 Å².